The largest absolute Gasteiger partial charge is 0.417 e. The highest BCUT2D eigenvalue weighted by atomic mass is 19.4. The van der Waals surface area contributed by atoms with Crippen molar-refractivity contribution >= 4 is 21.8 Å². The van der Waals surface area contributed by atoms with Gasteiger partial charge in [-0.2, -0.15) is 36.9 Å². The van der Waals surface area contributed by atoms with Gasteiger partial charge in [0.25, 0.3) is 0 Å². The lowest BCUT2D eigenvalue weighted by Gasteiger charge is -2.22. The number of aromatic nitrogens is 3. The Kier molecular flexibility index (Phi) is 12.0. The molecule has 0 aliphatic heterocycles. The zero-order valence-corrected chi connectivity index (χ0v) is 40.1. The van der Waals surface area contributed by atoms with Crippen LogP contribution in [0.25, 0.3) is 106 Å². The van der Waals surface area contributed by atoms with Crippen molar-refractivity contribution in [2.45, 2.75) is 26.2 Å². The fraction of sp³-hybridized carbons (Fsp3) is 0.0625. The summed E-state index contributed by atoms with van der Waals surface area (Å²) in [7, 11) is 0. The fourth-order valence-corrected chi connectivity index (χ4v) is 10.0. The molecular formula is C64H39F6N5. The van der Waals surface area contributed by atoms with E-state index in [-0.39, 0.29) is 11.1 Å². The molecule has 11 heteroatoms. The Morgan fingerprint density at radius 2 is 0.907 bits per heavy atom. The predicted molar refractivity (Wildman–Crippen MR) is 283 cm³/mol. The molecular weight excluding hydrogens is 953 g/mol. The molecule has 2 aromatic heterocycles. The first-order valence-corrected chi connectivity index (χ1v) is 23.8. The molecule has 0 N–H and O–H groups in total. The van der Waals surface area contributed by atoms with Crippen LogP contribution in [0.1, 0.15) is 33.4 Å². The summed E-state index contributed by atoms with van der Waals surface area (Å²) in [6.45, 7) is 3.21. The molecule has 5 nitrogen and oxygen atoms in total. The minimum Gasteiger partial charge on any atom is -0.308 e. The Bertz CT molecular complexity index is 4010. The van der Waals surface area contributed by atoms with Crippen molar-refractivity contribution < 1.29 is 26.3 Å². The molecule has 0 aliphatic carbocycles. The Labute approximate surface area is 427 Å². The van der Waals surface area contributed by atoms with Crippen LogP contribution in [0.3, 0.4) is 0 Å². The maximum Gasteiger partial charge on any atom is 0.417 e. The highest BCUT2D eigenvalue weighted by Gasteiger charge is 2.35. The summed E-state index contributed by atoms with van der Waals surface area (Å²) in [5.74, 6) is 0.357. The van der Waals surface area contributed by atoms with Gasteiger partial charge in [0.05, 0.1) is 62.5 Å². The molecule has 0 fully saturated rings. The van der Waals surface area contributed by atoms with Crippen molar-refractivity contribution in [3.05, 3.63) is 234 Å². The maximum absolute atomic E-state index is 14.9. The number of hydrogen-bond donors (Lipinski definition) is 0. The summed E-state index contributed by atoms with van der Waals surface area (Å²) >= 11 is 0. The van der Waals surface area contributed by atoms with E-state index in [0.717, 1.165) is 29.3 Å². The number of alkyl halides is 6. The van der Waals surface area contributed by atoms with Crippen molar-refractivity contribution in [2.24, 2.45) is 0 Å². The van der Waals surface area contributed by atoms with Gasteiger partial charge < -0.3 is 4.57 Å². The van der Waals surface area contributed by atoms with Crippen LogP contribution in [0.15, 0.2) is 200 Å². The standard InChI is InChI=1S/C64H39F6N5/c1-38-21-25-51(56(29-38)64(68,69)70)43-23-28-60-53(32-43)52-31-42(48-26-24-47(30-39(48)2)63(65,66)67)22-27-59(52)75(60)61-54(49-19-11-9-17-44(49)36-71)33-46(34-55(61)50-20-12-10-18-45(50)37-72)62-73-57(40-13-5-3-6-14-40)35-58(74-62)41-15-7-4-8-16-41/h3-35H,1-2H3. The van der Waals surface area contributed by atoms with Crippen LogP contribution >= 0.6 is 0 Å². The Hall–Kier alpha value is -9.58. The van der Waals surface area contributed by atoms with E-state index in [1.165, 1.54) is 12.1 Å². The molecule has 362 valence electrons. The number of fused-ring (bicyclic) bond motifs is 3. The Balaban J connectivity index is 1.28. The van der Waals surface area contributed by atoms with Gasteiger partial charge in [-0.3, -0.25) is 0 Å². The zero-order chi connectivity index (χ0) is 52.2. The lowest BCUT2D eigenvalue weighted by molar-refractivity contribution is -0.138. The first-order chi connectivity index (χ1) is 36.2. The van der Waals surface area contributed by atoms with Crippen LogP contribution in [0.5, 0.6) is 0 Å². The van der Waals surface area contributed by atoms with Crippen LogP contribution in [-0.2, 0) is 12.4 Å². The molecule has 0 spiro atoms. The maximum atomic E-state index is 14.9. The molecule has 0 radical (unpaired) electrons. The number of rotatable bonds is 8. The number of hydrogen-bond acceptors (Lipinski definition) is 4. The lowest BCUT2D eigenvalue weighted by Crippen LogP contribution is -2.07. The van der Waals surface area contributed by atoms with E-state index in [1.54, 1.807) is 62.4 Å². The van der Waals surface area contributed by atoms with E-state index in [4.69, 9.17) is 9.97 Å². The number of nitriles is 2. The minimum atomic E-state index is -4.68. The number of nitrogens with zero attached hydrogens (tertiary/aromatic N) is 5. The lowest BCUT2D eigenvalue weighted by atomic mass is 9.89. The molecule has 11 rings (SSSR count). The van der Waals surface area contributed by atoms with E-state index >= 15 is 0 Å². The van der Waals surface area contributed by atoms with Crippen molar-refractivity contribution in [3.8, 4) is 96.2 Å². The molecule has 0 atom stereocenters. The molecule has 0 bridgehead atoms. The van der Waals surface area contributed by atoms with Gasteiger partial charge in [-0.1, -0.05) is 133 Å². The summed E-state index contributed by atoms with van der Waals surface area (Å²) in [4.78, 5) is 10.4. The predicted octanol–water partition coefficient (Wildman–Crippen LogP) is 17.6. The molecule has 0 aliphatic rings. The van der Waals surface area contributed by atoms with E-state index < -0.39 is 23.5 Å². The SMILES string of the molecule is Cc1ccc(-c2ccc3c(c2)c2cc(-c4ccc(C(F)(F)F)cc4C)ccc2n3-c2c(-c3ccccc3C#N)cc(-c3nc(-c4ccccc4)cc(-c4ccccc4)n3)cc2-c2ccccc2C#N)c(C(F)(F)F)c1. The second-order valence-electron chi connectivity index (χ2n) is 18.3. The molecule has 0 unspecified atom stereocenters. The summed E-state index contributed by atoms with van der Waals surface area (Å²) < 4.78 is 88.4. The second-order valence-corrected chi connectivity index (χ2v) is 18.3. The Morgan fingerprint density at radius 1 is 0.413 bits per heavy atom. The number of aryl methyl sites for hydroxylation is 2. The molecule has 0 saturated carbocycles. The van der Waals surface area contributed by atoms with Crippen LogP contribution in [0, 0.1) is 36.5 Å². The van der Waals surface area contributed by atoms with E-state index in [9.17, 15) is 36.9 Å². The summed E-state index contributed by atoms with van der Waals surface area (Å²) in [5, 5.41) is 22.8. The average molecular weight is 992 g/mol. The third kappa shape index (κ3) is 8.85. The fourth-order valence-electron chi connectivity index (χ4n) is 10.0. The minimum absolute atomic E-state index is 0.0325. The van der Waals surface area contributed by atoms with E-state index in [2.05, 4.69) is 12.1 Å². The quantitative estimate of drug-likeness (QED) is 0.142. The van der Waals surface area contributed by atoms with Crippen LogP contribution in [0.2, 0.25) is 0 Å². The van der Waals surface area contributed by atoms with E-state index in [0.29, 0.717) is 106 Å². The normalized spacial score (nSPS) is 11.7. The van der Waals surface area contributed by atoms with Gasteiger partial charge in [0.1, 0.15) is 0 Å². The Morgan fingerprint density at radius 3 is 1.40 bits per heavy atom. The molecule has 2 heterocycles. The van der Waals surface area contributed by atoms with Crippen molar-refractivity contribution in [3.63, 3.8) is 0 Å². The molecule has 75 heavy (non-hydrogen) atoms. The molecule has 0 amide bonds. The number of benzene rings is 9. The monoisotopic (exact) mass is 991 g/mol. The third-order valence-corrected chi connectivity index (χ3v) is 13.6. The third-order valence-electron chi connectivity index (χ3n) is 13.6. The van der Waals surface area contributed by atoms with Crippen LogP contribution in [-0.4, -0.2) is 14.5 Å². The summed E-state index contributed by atoms with van der Waals surface area (Å²) in [6, 6.07) is 62.7. The van der Waals surface area contributed by atoms with Crippen molar-refractivity contribution in [1.82, 2.24) is 14.5 Å². The first-order valence-electron chi connectivity index (χ1n) is 23.8. The van der Waals surface area contributed by atoms with Gasteiger partial charge in [-0.25, -0.2) is 9.97 Å². The zero-order valence-electron chi connectivity index (χ0n) is 40.1. The topological polar surface area (TPSA) is 78.3 Å². The molecule has 11 aromatic rings. The van der Waals surface area contributed by atoms with E-state index in [1.807, 2.05) is 126 Å². The molecule has 0 saturated heterocycles. The summed E-state index contributed by atoms with van der Waals surface area (Å²) in [6.07, 6.45) is -9.25. The van der Waals surface area contributed by atoms with Gasteiger partial charge in [-0.15, -0.1) is 0 Å². The van der Waals surface area contributed by atoms with Crippen molar-refractivity contribution in [1.29, 1.82) is 10.5 Å². The van der Waals surface area contributed by atoms with Crippen LogP contribution < -0.4 is 0 Å². The smallest absolute Gasteiger partial charge is 0.308 e. The second kappa shape index (κ2) is 18.8. The van der Waals surface area contributed by atoms with Gasteiger partial charge in [-0.05, 0) is 114 Å². The van der Waals surface area contributed by atoms with Gasteiger partial charge >= 0.3 is 12.4 Å². The van der Waals surface area contributed by atoms with Gasteiger partial charge in [0.15, 0.2) is 5.82 Å². The van der Waals surface area contributed by atoms with Crippen molar-refractivity contribution in [2.75, 3.05) is 0 Å². The highest BCUT2D eigenvalue weighted by molar-refractivity contribution is 6.13. The van der Waals surface area contributed by atoms with Crippen LogP contribution in [0.4, 0.5) is 26.3 Å². The molecule has 9 aromatic carbocycles. The number of halogens is 6. The van der Waals surface area contributed by atoms with Gasteiger partial charge in [0.2, 0.25) is 0 Å². The highest BCUT2D eigenvalue weighted by Crippen LogP contribution is 2.48. The summed E-state index contributed by atoms with van der Waals surface area (Å²) in [5.41, 5.74) is 8.65. The average Bonchev–Trinajstić information content (AvgIpc) is 3.80. The first kappa shape index (κ1) is 47.7. The van der Waals surface area contributed by atoms with Gasteiger partial charge in [0, 0.05) is 49.7 Å².